The van der Waals surface area contributed by atoms with Gasteiger partial charge in [-0.3, -0.25) is 9.69 Å². The smallest absolute Gasteiger partial charge is 0.339 e. The first-order valence-corrected chi connectivity index (χ1v) is 8.92. The summed E-state index contributed by atoms with van der Waals surface area (Å²) in [6.07, 6.45) is -1.12. The molecule has 0 bridgehead atoms. The molecular formula is C18H23ClN2O6. The van der Waals surface area contributed by atoms with Crippen molar-refractivity contribution in [2.24, 2.45) is 5.92 Å². The highest BCUT2D eigenvalue weighted by Crippen LogP contribution is 2.37. The second-order valence-electron chi connectivity index (χ2n) is 6.46. The van der Waals surface area contributed by atoms with E-state index in [1.807, 2.05) is 13.8 Å². The molecule has 8 nitrogen and oxygen atoms in total. The van der Waals surface area contributed by atoms with Crippen molar-refractivity contribution in [2.75, 3.05) is 26.8 Å². The first-order chi connectivity index (χ1) is 12.7. The summed E-state index contributed by atoms with van der Waals surface area (Å²) >= 11 is 6.22. The van der Waals surface area contributed by atoms with Crippen LogP contribution in [0.3, 0.4) is 0 Å². The van der Waals surface area contributed by atoms with Gasteiger partial charge in [-0.2, -0.15) is 0 Å². The van der Waals surface area contributed by atoms with Gasteiger partial charge in [-0.15, -0.1) is 0 Å². The summed E-state index contributed by atoms with van der Waals surface area (Å²) in [6, 6.07) is 2.32. The predicted octanol–water partition coefficient (Wildman–Crippen LogP) is 2.48. The van der Waals surface area contributed by atoms with Crippen molar-refractivity contribution in [3.63, 3.8) is 0 Å². The lowest BCUT2D eigenvalue weighted by molar-refractivity contribution is -0.136. The van der Waals surface area contributed by atoms with Crippen LogP contribution in [-0.4, -0.2) is 55.7 Å². The number of hydrogen-bond acceptors (Lipinski definition) is 6. The zero-order valence-electron chi connectivity index (χ0n) is 15.7. The van der Waals surface area contributed by atoms with E-state index < -0.39 is 24.0 Å². The number of ether oxygens (including phenoxy) is 3. The van der Waals surface area contributed by atoms with Crippen molar-refractivity contribution >= 4 is 29.5 Å². The number of nitrogens with one attached hydrogen (secondary N) is 1. The average molecular weight is 399 g/mol. The summed E-state index contributed by atoms with van der Waals surface area (Å²) in [7, 11) is 1.43. The minimum Gasteiger partial charge on any atom is -0.493 e. The molecule has 2 rings (SSSR count). The molecule has 1 aromatic carbocycles. The van der Waals surface area contributed by atoms with Gasteiger partial charge in [0.1, 0.15) is 0 Å². The molecule has 9 heteroatoms. The van der Waals surface area contributed by atoms with Crippen molar-refractivity contribution in [3.05, 3.63) is 22.7 Å². The second kappa shape index (κ2) is 8.94. The van der Waals surface area contributed by atoms with Crippen LogP contribution in [0.5, 0.6) is 11.5 Å². The van der Waals surface area contributed by atoms with E-state index >= 15 is 0 Å². The number of imide groups is 1. The van der Waals surface area contributed by atoms with Crippen LogP contribution in [0.1, 0.15) is 31.1 Å². The number of rotatable bonds is 7. The molecule has 1 aliphatic rings. The fourth-order valence-corrected chi connectivity index (χ4v) is 2.67. The molecule has 1 atom stereocenters. The van der Waals surface area contributed by atoms with Crippen LogP contribution in [0.4, 0.5) is 4.79 Å². The third-order valence-corrected chi connectivity index (χ3v) is 4.06. The number of benzene rings is 1. The van der Waals surface area contributed by atoms with Gasteiger partial charge >= 0.3 is 12.0 Å². The highest BCUT2D eigenvalue weighted by Gasteiger charge is 2.32. The van der Waals surface area contributed by atoms with Gasteiger partial charge in [0.2, 0.25) is 0 Å². The van der Waals surface area contributed by atoms with Crippen LogP contribution in [0.2, 0.25) is 5.02 Å². The standard InChI is InChI=1S/C18H23ClN2O6/c1-10(2)9-26-15-13(19)7-12(8-14(15)25-4)17(23)27-11(3)16(22)21-6-5-20-18(21)24/h7-8,10-11H,5-6,9H2,1-4H3,(H,20,24). The summed E-state index contributed by atoms with van der Waals surface area (Å²) in [5.74, 6) is -0.445. The van der Waals surface area contributed by atoms with Crippen molar-refractivity contribution in [2.45, 2.75) is 26.9 Å². The number of hydrogen-bond donors (Lipinski definition) is 1. The molecular weight excluding hydrogens is 376 g/mol. The lowest BCUT2D eigenvalue weighted by Gasteiger charge is -2.19. The number of carbonyl (C=O) groups excluding carboxylic acids is 3. The van der Waals surface area contributed by atoms with Gasteiger partial charge < -0.3 is 19.5 Å². The molecule has 27 heavy (non-hydrogen) atoms. The van der Waals surface area contributed by atoms with Gasteiger partial charge in [0.05, 0.1) is 24.3 Å². The lowest BCUT2D eigenvalue weighted by Crippen LogP contribution is -2.41. The Morgan fingerprint density at radius 1 is 1.30 bits per heavy atom. The maximum atomic E-state index is 12.4. The Kier molecular flexibility index (Phi) is 6.90. The molecule has 0 saturated carbocycles. The number of urea groups is 1. The number of amides is 3. The molecule has 1 heterocycles. The van der Waals surface area contributed by atoms with Gasteiger partial charge in [0.25, 0.3) is 5.91 Å². The molecule has 1 aromatic rings. The minimum absolute atomic E-state index is 0.110. The Bertz CT molecular complexity index is 737. The Morgan fingerprint density at radius 2 is 2.00 bits per heavy atom. The van der Waals surface area contributed by atoms with Gasteiger partial charge in [-0.25, -0.2) is 9.59 Å². The minimum atomic E-state index is -1.12. The Morgan fingerprint density at radius 3 is 2.56 bits per heavy atom. The van der Waals surface area contributed by atoms with Crippen LogP contribution >= 0.6 is 11.6 Å². The summed E-state index contributed by atoms with van der Waals surface area (Å²) in [5, 5.41) is 2.71. The van der Waals surface area contributed by atoms with Crippen LogP contribution in [0.15, 0.2) is 12.1 Å². The number of carbonyl (C=O) groups is 3. The third-order valence-electron chi connectivity index (χ3n) is 3.78. The third kappa shape index (κ3) is 5.03. The van der Waals surface area contributed by atoms with Gasteiger partial charge in [0.15, 0.2) is 17.6 Å². The lowest BCUT2D eigenvalue weighted by atomic mass is 10.2. The van der Waals surface area contributed by atoms with Crippen LogP contribution in [0, 0.1) is 5.92 Å². The van der Waals surface area contributed by atoms with E-state index in [9.17, 15) is 14.4 Å². The Hall–Kier alpha value is -2.48. The molecule has 0 aromatic heterocycles. The maximum absolute atomic E-state index is 12.4. The first-order valence-electron chi connectivity index (χ1n) is 8.55. The zero-order chi connectivity index (χ0) is 20.1. The van der Waals surface area contributed by atoms with Crippen LogP contribution < -0.4 is 14.8 Å². The molecule has 3 amide bonds. The fourth-order valence-electron chi connectivity index (χ4n) is 2.41. The number of methoxy groups -OCH3 is 1. The van der Waals surface area contributed by atoms with E-state index in [1.54, 1.807) is 0 Å². The average Bonchev–Trinajstić information content (AvgIpc) is 3.04. The summed E-state index contributed by atoms with van der Waals surface area (Å²) in [6.45, 7) is 6.43. The number of nitrogens with zero attached hydrogens (tertiary/aromatic N) is 1. The van der Waals surface area contributed by atoms with E-state index in [1.165, 1.54) is 26.2 Å². The largest absolute Gasteiger partial charge is 0.493 e. The molecule has 0 radical (unpaired) electrons. The SMILES string of the molecule is COc1cc(C(=O)OC(C)C(=O)N2CCNC2=O)cc(Cl)c1OCC(C)C. The molecule has 1 N–H and O–H groups in total. The maximum Gasteiger partial charge on any atom is 0.339 e. The number of esters is 1. The number of halogens is 1. The molecule has 1 fully saturated rings. The van der Waals surface area contributed by atoms with Crippen molar-refractivity contribution < 1.29 is 28.6 Å². The highest BCUT2D eigenvalue weighted by atomic mass is 35.5. The van der Waals surface area contributed by atoms with E-state index in [0.29, 0.717) is 18.9 Å². The first kappa shape index (κ1) is 20.8. The monoisotopic (exact) mass is 398 g/mol. The molecule has 1 aliphatic heterocycles. The fraction of sp³-hybridized carbons (Fsp3) is 0.500. The van der Waals surface area contributed by atoms with E-state index in [4.69, 9.17) is 25.8 Å². The van der Waals surface area contributed by atoms with E-state index in [-0.39, 0.29) is 28.8 Å². The van der Waals surface area contributed by atoms with E-state index in [2.05, 4.69) is 5.32 Å². The molecule has 1 saturated heterocycles. The van der Waals surface area contributed by atoms with Crippen LogP contribution in [0.25, 0.3) is 0 Å². The van der Waals surface area contributed by atoms with Gasteiger partial charge in [-0.05, 0) is 25.0 Å². The second-order valence-corrected chi connectivity index (χ2v) is 6.87. The van der Waals surface area contributed by atoms with Gasteiger partial charge in [0, 0.05) is 13.1 Å². The Labute approximate surface area is 162 Å². The molecule has 148 valence electrons. The summed E-state index contributed by atoms with van der Waals surface area (Å²) < 4.78 is 16.1. The van der Waals surface area contributed by atoms with Gasteiger partial charge in [-0.1, -0.05) is 25.4 Å². The highest BCUT2D eigenvalue weighted by molar-refractivity contribution is 6.32. The topological polar surface area (TPSA) is 94.2 Å². The normalized spacial score (nSPS) is 14.7. The molecule has 1 unspecified atom stereocenters. The van der Waals surface area contributed by atoms with Crippen molar-refractivity contribution in [1.29, 1.82) is 0 Å². The summed E-state index contributed by atoms with van der Waals surface area (Å²) in [4.78, 5) is 37.2. The quantitative estimate of drug-likeness (QED) is 0.709. The summed E-state index contributed by atoms with van der Waals surface area (Å²) in [5.41, 5.74) is 0.110. The van der Waals surface area contributed by atoms with E-state index in [0.717, 1.165) is 4.90 Å². The van der Waals surface area contributed by atoms with Crippen molar-refractivity contribution in [3.8, 4) is 11.5 Å². The zero-order valence-corrected chi connectivity index (χ0v) is 16.5. The van der Waals surface area contributed by atoms with Crippen LogP contribution in [-0.2, 0) is 9.53 Å². The molecule has 0 spiro atoms. The molecule has 0 aliphatic carbocycles. The Balaban J connectivity index is 2.12. The predicted molar refractivity (Wildman–Crippen MR) is 98.3 cm³/mol. The van der Waals surface area contributed by atoms with Crippen molar-refractivity contribution in [1.82, 2.24) is 10.2 Å².